The molecule has 0 fully saturated rings. The summed E-state index contributed by atoms with van der Waals surface area (Å²) in [7, 11) is 0. The molecule has 1 aliphatic rings. The number of hydrogen-bond acceptors (Lipinski definition) is 7. The van der Waals surface area contributed by atoms with E-state index in [1.807, 2.05) is 0 Å². The molecule has 164 valence electrons. The summed E-state index contributed by atoms with van der Waals surface area (Å²) < 4.78 is 20.9. The molecule has 32 heavy (non-hydrogen) atoms. The molecule has 0 aliphatic heterocycles. The lowest BCUT2D eigenvalue weighted by Crippen LogP contribution is -2.24. The van der Waals surface area contributed by atoms with Crippen molar-refractivity contribution in [3.05, 3.63) is 62.7 Å². The predicted molar refractivity (Wildman–Crippen MR) is 122 cm³/mol. The van der Waals surface area contributed by atoms with Gasteiger partial charge < -0.3 is 9.84 Å². The summed E-state index contributed by atoms with van der Waals surface area (Å²) in [5, 5.41) is 7.23. The summed E-state index contributed by atoms with van der Waals surface area (Å²) in [6.07, 6.45) is 3.87. The normalized spacial score (nSPS) is 13.3. The van der Waals surface area contributed by atoms with Gasteiger partial charge in [-0.2, -0.15) is 0 Å². The number of nitrogens with zero attached hydrogens (tertiary/aromatic N) is 3. The zero-order valence-electron chi connectivity index (χ0n) is 17.2. The molecule has 0 radical (unpaired) electrons. The zero-order valence-corrected chi connectivity index (χ0v) is 18.8. The van der Waals surface area contributed by atoms with E-state index in [0.717, 1.165) is 43.0 Å². The van der Waals surface area contributed by atoms with Crippen LogP contribution in [-0.4, -0.2) is 26.4 Å². The molecule has 0 unspecified atom stereocenters. The number of thiophene rings is 1. The molecule has 5 rings (SSSR count). The van der Waals surface area contributed by atoms with E-state index in [-0.39, 0.29) is 28.1 Å². The minimum absolute atomic E-state index is 0.0244. The van der Waals surface area contributed by atoms with Crippen molar-refractivity contribution in [2.75, 3.05) is 11.1 Å². The minimum Gasteiger partial charge on any atom is -0.360 e. The number of halogens is 1. The molecule has 0 atom stereocenters. The maximum Gasteiger partial charge on any atom is 0.267 e. The zero-order chi connectivity index (χ0) is 22.2. The number of hydrogen-bond donors (Lipinski definition) is 1. The Labute approximate surface area is 190 Å². The number of thioether (sulfide) groups is 1. The molecule has 0 spiro atoms. The van der Waals surface area contributed by atoms with E-state index in [1.54, 1.807) is 31.2 Å². The van der Waals surface area contributed by atoms with E-state index in [4.69, 9.17) is 9.51 Å². The quantitative estimate of drug-likeness (QED) is 0.341. The van der Waals surface area contributed by atoms with Crippen LogP contribution in [0.5, 0.6) is 0 Å². The summed E-state index contributed by atoms with van der Waals surface area (Å²) in [5.74, 6) is 0.0140. The smallest absolute Gasteiger partial charge is 0.267 e. The fourth-order valence-corrected chi connectivity index (χ4v) is 5.97. The second kappa shape index (κ2) is 8.51. The van der Waals surface area contributed by atoms with Gasteiger partial charge in [-0.25, -0.2) is 9.37 Å². The van der Waals surface area contributed by atoms with E-state index < -0.39 is 5.82 Å². The number of rotatable bonds is 5. The highest BCUT2D eigenvalue weighted by Gasteiger charge is 2.24. The number of carbonyl (C=O) groups is 1. The summed E-state index contributed by atoms with van der Waals surface area (Å²) in [4.78, 5) is 32.5. The lowest BCUT2D eigenvalue weighted by molar-refractivity contribution is -0.113. The molecule has 1 N–H and O–H groups in total. The van der Waals surface area contributed by atoms with Crippen molar-refractivity contribution in [1.82, 2.24) is 14.7 Å². The molecular formula is C22H19FN4O3S2. The molecule has 0 bridgehead atoms. The van der Waals surface area contributed by atoms with Crippen molar-refractivity contribution >= 4 is 45.0 Å². The van der Waals surface area contributed by atoms with Crippen molar-refractivity contribution in [2.24, 2.45) is 0 Å². The highest BCUT2D eigenvalue weighted by molar-refractivity contribution is 7.99. The number of fused-ring (bicyclic) bond motifs is 3. The van der Waals surface area contributed by atoms with E-state index in [1.165, 1.54) is 26.8 Å². The first-order valence-corrected chi connectivity index (χ1v) is 12.0. The Morgan fingerprint density at radius 3 is 2.91 bits per heavy atom. The van der Waals surface area contributed by atoms with Crippen LogP contribution in [0.3, 0.4) is 0 Å². The summed E-state index contributed by atoms with van der Waals surface area (Å²) >= 11 is 2.60. The number of aryl methyl sites for hydroxylation is 3. The van der Waals surface area contributed by atoms with E-state index in [9.17, 15) is 14.0 Å². The molecule has 3 aromatic heterocycles. The van der Waals surface area contributed by atoms with Crippen LogP contribution in [0.25, 0.3) is 15.9 Å². The van der Waals surface area contributed by atoms with Crippen molar-refractivity contribution in [3.8, 4) is 5.69 Å². The number of nitrogens with one attached hydrogen (secondary N) is 1. The molecule has 1 amide bonds. The third-order valence-electron chi connectivity index (χ3n) is 5.28. The summed E-state index contributed by atoms with van der Waals surface area (Å²) in [6, 6.07) is 7.71. The number of carbonyl (C=O) groups excluding carboxylic acids is 1. The van der Waals surface area contributed by atoms with Gasteiger partial charge in [0.05, 0.1) is 16.8 Å². The maximum atomic E-state index is 14.7. The molecule has 10 heteroatoms. The summed E-state index contributed by atoms with van der Waals surface area (Å²) in [5.41, 5.74) is 0.863. The van der Waals surface area contributed by atoms with Gasteiger partial charge >= 0.3 is 0 Å². The lowest BCUT2D eigenvalue weighted by Gasteiger charge is -2.14. The minimum atomic E-state index is -0.524. The molecule has 7 nitrogen and oxygen atoms in total. The van der Waals surface area contributed by atoms with E-state index in [2.05, 4.69) is 10.5 Å². The van der Waals surface area contributed by atoms with Crippen LogP contribution in [0.4, 0.5) is 10.2 Å². The van der Waals surface area contributed by atoms with Gasteiger partial charge in [-0.05, 0) is 50.3 Å². The molecule has 3 heterocycles. The number of amides is 1. The SMILES string of the molecule is Cc1cc(NC(=O)CSc2nc3sc4c(c3c(=O)n2-c2ccccc2F)CCCC4)no1. The average molecular weight is 471 g/mol. The third kappa shape index (κ3) is 3.84. The molecule has 1 aromatic carbocycles. The van der Waals surface area contributed by atoms with Gasteiger partial charge in [0, 0.05) is 10.9 Å². The van der Waals surface area contributed by atoms with Crippen molar-refractivity contribution in [2.45, 2.75) is 37.8 Å². The molecule has 0 saturated carbocycles. The van der Waals surface area contributed by atoms with Crippen molar-refractivity contribution in [1.29, 1.82) is 0 Å². The highest BCUT2D eigenvalue weighted by atomic mass is 32.2. The van der Waals surface area contributed by atoms with Crippen LogP contribution in [0.15, 0.2) is 44.8 Å². The molecule has 0 saturated heterocycles. The second-order valence-corrected chi connectivity index (χ2v) is 9.56. The fourth-order valence-electron chi connectivity index (χ4n) is 3.86. The lowest BCUT2D eigenvalue weighted by atomic mass is 9.97. The predicted octanol–water partition coefficient (Wildman–Crippen LogP) is 4.49. The van der Waals surface area contributed by atoms with Crippen LogP contribution < -0.4 is 10.9 Å². The van der Waals surface area contributed by atoms with E-state index >= 15 is 0 Å². The molecule has 4 aromatic rings. The Balaban J connectivity index is 1.56. The van der Waals surface area contributed by atoms with Gasteiger partial charge in [0.15, 0.2) is 11.0 Å². The Morgan fingerprint density at radius 1 is 1.31 bits per heavy atom. The Kier molecular flexibility index (Phi) is 5.56. The largest absolute Gasteiger partial charge is 0.360 e. The van der Waals surface area contributed by atoms with Gasteiger partial charge in [-0.15, -0.1) is 11.3 Å². The number of anilines is 1. The maximum absolute atomic E-state index is 14.7. The second-order valence-electron chi connectivity index (χ2n) is 7.54. The van der Waals surface area contributed by atoms with Crippen molar-refractivity contribution < 1.29 is 13.7 Å². The first-order chi connectivity index (χ1) is 15.5. The van der Waals surface area contributed by atoms with Crippen LogP contribution >= 0.6 is 23.1 Å². The highest BCUT2D eigenvalue weighted by Crippen LogP contribution is 2.35. The standard InChI is InChI=1S/C22H19FN4O3S2/c1-12-10-17(26-30-12)24-18(28)11-31-22-25-20-19(13-6-2-5-9-16(13)32-20)21(29)27(22)15-8-4-3-7-14(15)23/h3-4,7-8,10H,2,5-6,9,11H2,1H3,(H,24,26,28). The van der Waals surface area contributed by atoms with Gasteiger partial charge in [-0.3, -0.25) is 14.2 Å². The van der Waals surface area contributed by atoms with Crippen LogP contribution in [0.1, 0.15) is 29.0 Å². The van der Waals surface area contributed by atoms with Crippen LogP contribution in [0, 0.1) is 12.7 Å². The first kappa shape index (κ1) is 20.9. The van der Waals surface area contributed by atoms with E-state index in [0.29, 0.717) is 21.8 Å². The molecule has 1 aliphatic carbocycles. The topological polar surface area (TPSA) is 90.0 Å². The Bertz CT molecular complexity index is 1390. The van der Waals surface area contributed by atoms with Crippen LogP contribution in [-0.2, 0) is 17.6 Å². The summed E-state index contributed by atoms with van der Waals surface area (Å²) in [6.45, 7) is 1.73. The first-order valence-electron chi connectivity index (χ1n) is 10.2. The van der Waals surface area contributed by atoms with Gasteiger partial charge in [0.1, 0.15) is 16.4 Å². The number of para-hydroxylation sites is 1. The number of aromatic nitrogens is 3. The monoisotopic (exact) mass is 470 g/mol. The van der Waals surface area contributed by atoms with Gasteiger partial charge in [-0.1, -0.05) is 29.1 Å². The fraction of sp³-hybridized carbons (Fsp3) is 0.273. The molecular weight excluding hydrogens is 451 g/mol. The van der Waals surface area contributed by atoms with Crippen LogP contribution in [0.2, 0.25) is 0 Å². The van der Waals surface area contributed by atoms with Gasteiger partial charge in [0.25, 0.3) is 5.56 Å². The van der Waals surface area contributed by atoms with Gasteiger partial charge in [0.2, 0.25) is 5.91 Å². The number of benzene rings is 1. The van der Waals surface area contributed by atoms with Crippen molar-refractivity contribution in [3.63, 3.8) is 0 Å². The average Bonchev–Trinajstić information content (AvgIpc) is 3.36. The Morgan fingerprint density at radius 2 is 2.12 bits per heavy atom. The third-order valence-corrected chi connectivity index (χ3v) is 7.40. The Hall–Kier alpha value is -2.98.